The first kappa shape index (κ1) is 32.6. The van der Waals surface area contributed by atoms with Gasteiger partial charge in [-0.1, -0.05) is 49.8 Å². The van der Waals surface area contributed by atoms with Crippen LogP contribution in [0.1, 0.15) is 63.6 Å². The topological polar surface area (TPSA) is 63.3 Å². The molecule has 0 saturated carbocycles. The molecule has 2 aromatic rings. The van der Waals surface area contributed by atoms with E-state index in [9.17, 15) is 18.0 Å². The van der Waals surface area contributed by atoms with Crippen LogP contribution in [0.25, 0.3) is 0 Å². The fourth-order valence-electron chi connectivity index (χ4n) is 5.67. The van der Waals surface area contributed by atoms with Gasteiger partial charge in [-0.15, -0.1) is 11.8 Å². The van der Waals surface area contributed by atoms with Crippen LogP contribution >= 0.6 is 11.8 Å². The van der Waals surface area contributed by atoms with Gasteiger partial charge >= 0.3 is 12.1 Å². The van der Waals surface area contributed by atoms with E-state index in [0.717, 1.165) is 48.4 Å². The second kappa shape index (κ2) is 12.5. The number of aryl methyl sites for hydroxylation is 1. The highest BCUT2D eigenvalue weighted by atomic mass is 32.2. The van der Waals surface area contributed by atoms with Gasteiger partial charge in [-0.3, -0.25) is 0 Å². The SMILES string of the molecule is CCCCN1C2OC1(c1ccc(C(F)(F)F)cc1)NN2C1(CSc2ccc(OC(C)(C)C(=O)OCC)c(C)c2)C=CC=CC1. The van der Waals surface area contributed by atoms with Crippen molar-refractivity contribution >= 4 is 17.7 Å². The number of esters is 1. The van der Waals surface area contributed by atoms with E-state index in [1.165, 1.54) is 12.1 Å². The fourth-order valence-corrected chi connectivity index (χ4v) is 6.86. The largest absolute Gasteiger partial charge is 0.476 e. The molecule has 11 heteroatoms. The average Bonchev–Trinajstić information content (AvgIpc) is 3.55. The number of hydrazine groups is 1. The van der Waals surface area contributed by atoms with Gasteiger partial charge in [-0.05, 0) is 76.4 Å². The molecule has 44 heavy (non-hydrogen) atoms. The van der Waals surface area contributed by atoms with Crippen molar-refractivity contribution < 1.29 is 32.2 Å². The van der Waals surface area contributed by atoms with Crippen molar-refractivity contribution in [3.63, 3.8) is 0 Å². The van der Waals surface area contributed by atoms with Crippen LogP contribution < -0.4 is 10.2 Å². The van der Waals surface area contributed by atoms with Crippen LogP contribution in [0.5, 0.6) is 5.75 Å². The van der Waals surface area contributed by atoms with Crippen LogP contribution in [0.15, 0.2) is 71.7 Å². The molecule has 0 spiro atoms. The van der Waals surface area contributed by atoms with Crippen LogP contribution in [0.3, 0.4) is 0 Å². The molecule has 6 rings (SSSR count). The lowest BCUT2D eigenvalue weighted by Gasteiger charge is -2.49. The van der Waals surface area contributed by atoms with Crippen molar-refractivity contribution in [3.05, 3.63) is 83.5 Å². The molecule has 3 atom stereocenters. The summed E-state index contributed by atoms with van der Waals surface area (Å²) in [6.07, 6.45) is 6.19. The summed E-state index contributed by atoms with van der Waals surface area (Å²) in [6, 6.07) is 11.1. The third-order valence-electron chi connectivity index (χ3n) is 8.17. The zero-order valence-corrected chi connectivity index (χ0v) is 26.6. The van der Waals surface area contributed by atoms with Gasteiger partial charge in [-0.25, -0.2) is 15.1 Å². The number of nitrogens with one attached hydrogen (secondary N) is 1. The zero-order valence-electron chi connectivity index (χ0n) is 25.7. The summed E-state index contributed by atoms with van der Waals surface area (Å²) in [7, 11) is 0. The average molecular weight is 632 g/mol. The molecule has 3 fully saturated rings. The molecular formula is C33H40F3N3O4S. The lowest BCUT2D eigenvalue weighted by atomic mass is 9.92. The zero-order chi connectivity index (χ0) is 31.8. The van der Waals surface area contributed by atoms with Crippen molar-refractivity contribution in [2.75, 3.05) is 18.9 Å². The number of thioether (sulfide) groups is 1. The van der Waals surface area contributed by atoms with Crippen molar-refractivity contribution in [1.82, 2.24) is 15.3 Å². The van der Waals surface area contributed by atoms with Crippen molar-refractivity contribution in [2.24, 2.45) is 0 Å². The van der Waals surface area contributed by atoms with Gasteiger partial charge in [0.1, 0.15) is 5.75 Å². The van der Waals surface area contributed by atoms with E-state index in [4.69, 9.17) is 14.2 Å². The summed E-state index contributed by atoms with van der Waals surface area (Å²) in [6.45, 7) is 10.2. The van der Waals surface area contributed by atoms with Crippen LogP contribution in [-0.2, 0) is 26.3 Å². The molecule has 1 aliphatic carbocycles. The predicted molar refractivity (Wildman–Crippen MR) is 163 cm³/mol. The number of fused-ring (bicyclic) bond motifs is 1. The van der Waals surface area contributed by atoms with Gasteiger partial charge in [0.15, 0.2) is 12.0 Å². The maximum atomic E-state index is 13.3. The minimum absolute atomic E-state index is 0.283. The number of alkyl halides is 3. The van der Waals surface area contributed by atoms with Crippen LogP contribution in [-0.4, -0.2) is 52.3 Å². The van der Waals surface area contributed by atoms with E-state index in [0.29, 0.717) is 17.1 Å². The molecule has 3 saturated heterocycles. The summed E-state index contributed by atoms with van der Waals surface area (Å²) in [5.41, 5.74) is 2.85. The molecule has 4 aliphatic rings. The molecule has 0 amide bonds. The quantitative estimate of drug-likeness (QED) is 0.196. The first-order valence-corrected chi connectivity index (χ1v) is 16.0. The molecule has 238 valence electrons. The smallest absolute Gasteiger partial charge is 0.416 e. The Labute approximate surface area is 261 Å². The number of hydrogen-bond donors (Lipinski definition) is 1. The minimum atomic E-state index is -4.41. The number of rotatable bonds is 12. The first-order valence-electron chi connectivity index (χ1n) is 15.0. The number of carbonyl (C=O) groups excluding carboxylic acids is 1. The number of allylic oxidation sites excluding steroid dienone is 2. The number of carbonyl (C=O) groups is 1. The third-order valence-corrected chi connectivity index (χ3v) is 9.40. The Balaban J connectivity index is 1.36. The predicted octanol–water partition coefficient (Wildman–Crippen LogP) is 7.13. The van der Waals surface area contributed by atoms with E-state index in [1.807, 2.05) is 37.3 Å². The lowest BCUT2D eigenvalue weighted by Crippen LogP contribution is -2.64. The van der Waals surface area contributed by atoms with Gasteiger partial charge in [0, 0.05) is 22.8 Å². The van der Waals surface area contributed by atoms with Crippen LogP contribution in [0.2, 0.25) is 0 Å². The normalized spacial score (nSPS) is 25.2. The highest BCUT2D eigenvalue weighted by Gasteiger charge is 2.67. The second-order valence-corrected chi connectivity index (χ2v) is 12.9. The van der Waals surface area contributed by atoms with E-state index in [-0.39, 0.29) is 13.0 Å². The molecular weight excluding hydrogens is 591 g/mol. The van der Waals surface area contributed by atoms with Crippen LogP contribution in [0.4, 0.5) is 13.2 Å². The molecule has 2 aromatic carbocycles. The molecule has 1 N–H and O–H groups in total. The minimum Gasteiger partial charge on any atom is -0.476 e. The number of hydrogen-bond acceptors (Lipinski definition) is 8. The molecule has 7 nitrogen and oxygen atoms in total. The Morgan fingerprint density at radius 3 is 2.50 bits per heavy atom. The van der Waals surface area contributed by atoms with Gasteiger partial charge in [-0.2, -0.15) is 18.2 Å². The fraction of sp³-hybridized carbons (Fsp3) is 0.485. The molecule has 3 unspecified atom stereocenters. The molecule has 3 aliphatic heterocycles. The Morgan fingerprint density at radius 2 is 1.89 bits per heavy atom. The number of benzene rings is 2. The van der Waals surface area contributed by atoms with E-state index >= 15 is 0 Å². The monoisotopic (exact) mass is 631 g/mol. The maximum Gasteiger partial charge on any atom is 0.416 e. The Bertz CT molecular complexity index is 1410. The standard InChI is InChI=1S/C33H40F3N3O4S/c1-6-8-20-38-29-39(37-33(38,43-29)25-14-12-24(13-15-25)32(34,35)36)31(18-10-9-11-19-31)22-44-26-16-17-27(23(3)21-26)42-30(4,5)28(40)41-7-2/h9-18,21,29,37H,6-8,19-20,22H2,1-5H3. The molecule has 2 bridgehead atoms. The maximum absolute atomic E-state index is 13.3. The summed E-state index contributed by atoms with van der Waals surface area (Å²) >= 11 is 1.69. The lowest BCUT2D eigenvalue weighted by molar-refractivity contribution is -0.340. The Hall–Kier alpha value is -2.83. The third kappa shape index (κ3) is 6.17. The van der Waals surface area contributed by atoms with Gasteiger partial charge in [0.2, 0.25) is 5.85 Å². The van der Waals surface area contributed by atoms with Crippen molar-refractivity contribution in [3.8, 4) is 5.75 Å². The summed E-state index contributed by atoms with van der Waals surface area (Å²) in [5.74, 6) is -0.155. The highest BCUT2D eigenvalue weighted by molar-refractivity contribution is 7.99. The van der Waals surface area contributed by atoms with Gasteiger partial charge < -0.3 is 14.2 Å². The van der Waals surface area contributed by atoms with E-state index in [1.54, 1.807) is 32.5 Å². The Kier molecular flexibility index (Phi) is 9.26. The van der Waals surface area contributed by atoms with E-state index < -0.39 is 34.7 Å². The van der Waals surface area contributed by atoms with Gasteiger partial charge in [0.25, 0.3) is 0 Å². The number of unbranched alkanes of at least 4 members (excludes halogenated alkanes) is 1. The number of ether oxygens (including phenoxy) is 3. The Morgan fingerprint density at radius 1 is 1.14 bits per heavy atom. The summed E-state index contributed by atoms with van der Waals surface area (Å²) in [5, 5.41) is 2.12. The molecule has 0 aromatic heterocycles. The molecule has 0 radical (unpaired) electrons. The molecule has 3 heterocycles. The van der Waals surface area contributed by atoms with E-state index in [2.05, 4.69) is 34.4 Å². The summed E-state index contributed by atoms with van der Waals surface area (Å²) in [4.78, 5) is 15.6. The first-order chi connectivity index (χ1) is 20.8. The number of nitrogens with zero attached hydrogens (tertiary/aromatic N) is 2. The van der Waals surface area contributed by atoms with Gasteiger partial charge in [0.05, 0.1) is 17.7 Å². The number of halogens is 3. The second-order valence-electron chi connectivity index (χ2n) is 11.8. The summed E-state index contributed by atoms with van der Waals surface area (Å²) < 4.78 is 57.5. The highest BCUT2D eigenvalue weighted by Crippen LogP contribution is 2.51. The van der Waals surface area contributed by atoms with Crippen LogP contribution in [0, 0.1) is 6.92 Å². The van der Waals surface area contributed by atoms with Crippen molar-refractivity contribution in [1.29, 1.82) is 0 Å². The van der Waals surface area contributed by atoms with Crippen molar-refractivity contribution in [2.45, 2.75) is 88.3 Å².